The van der Waals surface area contributed by atoms with Crippen molar-refractivity contribution in [2.24, 2.45) is 5.73 Å². The summed E-state index contributed by atoms with van der Waals surface area (Å²) in [5.41, 5.74) is 5.22. The monoisotopic (exact) mass is 575 g/mol. The molecule has 1 aromatic rings. The van der Waals surface area contributed by atoms with Crippen molar-refractivity contribution >= 4 is 23.8 Å². The summed E-state index contributed by atoms with van der Waals surface area (Å²) in [6, 6.07) is 2.18. The molecule has 2 fully saturated rings. The number of phenolic OH excluding ortho intramolecular Hbond substituents is 1. The predicted molar refractivity (Wildman–Crippen MR) is 141 cm³/mol. The fraction of sp³-hybridized carbons (Fsp3) is 0.643. The van der Waals surface area contributed by atoms with Gasteiger partial charge < -0.3 is 45.5 Å². The lowest BCUT2D eigenvalue weighted by Crippen LogP contribution is -2.76. The van der Waals surface area contributed by atoms with E-state index >= 15 is 0 Å². The van der Waals surface area contributed by atoms with Crippen LogP contribution in [0.3, 0.4) is 0 Å². The highest BCUT2D eigenvalue weighted by atomic mass is 16.6. The molecule has 41 heavy (non-hydrogen) atoms. The average Bonchev–Trinajstić information content (AvgIpc) is 3.28. The van der Waals surface area contributed by atoms with Gasteiger partial charge in [0, 0.05) is 24.6 Å². The summed E-state index contributed by atoms with van der Waals surface area (Å²) in [4.78, 5) is 50.0. The summed E-state index contributed by atoms with van der Waals surface area (Å²) in [5.74, 6) is -2.82. The number of benzene rings is 1. The van der Waals surface area contributed by atoms with Gasteiger partial charge in [-0.3, -0.25) is 14.4 Å². The number of ether oxygens (including phenoxy) is 3. The number of carboxylic acid groups (broad SMARTS) is 1. The van der Waals surface area contributed by atoms with Crippen molar-refractivity contribution in [1.82, 2.24) is 10.2 Å². The highest BCUT2D eigenvalue weighted by Gasteiger charge is 2.73. The first kappa shape index (κ1) is 29.1. The third kappa shape index (κ3) is 4.79. The summed E-state index contributed by atoms with van der Waals surface area (Å²) >= 11 is 0. The molecule has 224 valence electrons. The van der Waals surface area contributed by atoms with Gasteiger partial charge in [-0.15, -0.1) is 0 Å². The van der Waals surface area contributed by atoms with E-state index in [4.69, 9.17) is 25.1 Å². The van der Waals surface area contributed by atoms with Crippen molar-refractivity contribution < 1.29 is 48.7 Å². The number of carbonyl (C=O) groups excluding carboxylic acids is 3. The van der Waals surface area contributed by atoms with Crippen molar-refractivity contribution in [2.75, 3.05) is 20.1 Å². The molecule has 7 atom stereocenters. The van der Waals surface area contributed by atoms with Gasteiger partial charge in [-0.2, -0.15) is 0 Å². The molecular formula is C28H37N3O10. The minimum atomic E-state index is -1.23. The molecule has 2 bridgehead atoms. The van der Waals surface area contributed by atoms with Gasteiger partial charge in [0.1, 0.15) is 18.2 Å². The topological polar surface area (TPSA) is 198 Å². The first-order valence-corrected chi connectivity index (χ1v) is 14.0. The van der Waals surface area contributed by atoms with E-state index in [0.717, 1.165) is 11.1 Å². The van der Waals surface area contributed by atoms with Crippen LogP contribution in [0.15, 0.2) is 12.1 Å². The fourth-order valence-electron chi connectivity index (χ4n) is 7.18. The minimum absolute atomic E-state index is 0.0172. The van der Waals surface area contributed by atoms with E-state index in [-0.39, 0.29) is 37.6 Å². The van der Waals surface area contributed by atoms with Crippen molar-refractivity contribution in [1.29, 1.82) is 0 Å². The first-order valence-electron chi connectivity index (χ1n) is 14.0. The molecule has 1 amide bonds. The molecule has 4 aliphatic rings. The van der Waals surface area contributed by atoms with E-state index < -0.39 is 59.2 Å². The quantitative estimate of drug-likeness (QED) is 0.229. The molecule has 0 radical (unpaired) electrons. The summed E-state index contributed by atoms with van der Waals surface area (Å²) in [6.45, 7) is 2.05. The van der Waals surface area contributed by atoms with E-state index in [9.17, 15) is 29.4 Å². The van der Waals surface area contributed by atoms with Gasteiger partial charge in [-0.25, -0.2) is 4.79 Å². The van der Waals surface area contributed by atoms with Crippen molar-refractivity contribution in [3.63, 3.8) is 0 Å². The number of likely N-dealkylation sites (tertiary alicyclic amines) is 1. The number of aliphatic carboxylic acids is 1. The number of amides is 1. The number of likely N-dealkylation sites (N-methyl/N-ethyl adjacent to an activating group) is 1. The smallest absolute Gasteiger partial charge is 0.347 e. The summed E-state index contributed by atoms with van der Waals surface area (Å²) < 4.78 is 17.4. The summed E-state index contributed by atoms with van der Waals surface area (Å²) in [6.07, 6.45) is -1.12. The highest BCUT2D eigenvalue weighted by Crippen LogP contribution is 2.65. The summed E-state index contributed by atoms with van der Waals surface area (Å²) in [5, 5.41) is 34.1. The van der Waals surface area contributed by atoms with E-state index in [1.165, 1.54) is 6.92 Å². The Balaban J connectivity index is 1.20. The number of piperidine rings is 1. The Labute approximate surface area is 236 Å². The van der Waals surface area contributed by atoms with Gasteiger partial charge in [0.25, 0.3) is 0 Å². The van der Waals surface area contributed by atoms with Crippen LogP contribution in [0.25, 0.3) is 0 Å². The Hall–Kier alpha value is -3.42. The number of hydrogen-bond acceptors (Lipinski definition) is 11. The van der Waals surface area contributed by atoms with E-state index in [0.29, 0.717) is 38.0 Å². The Morgan fingerprint density at radius 1 is 1.24 bits per heavy atom. The van der Waals surface area contributed by atoms with Crippen molar-refractivity contribution in [3.05, 3.63) is 23.3 Å². The van der Waals surface area contributed by atoms with Crippen LogP contribution < -0.4 is 15.8 Å². The molecule has 2 heterocycles. The number of nitrogens with zero attached hydrogens (tertiary/aromatic N) is 1. The number of rotatable bonds is 10. The van der Waals surface area contributed by atoms with E-state index in [1.54, 1.807) is 6.07 Å². The molecule has 1 spiro atoms. The third-order valence-electron chi connectivity index (χ3n) is 9.23. The molecule has 2 aliphatic carbocycles. The van der Waals surface area contributed by atoms with E-state index in [2.05, 4.69) is 10.2 Å². The second-order valence-corrected chi connectivity index (χ2v) is 11.6. The number of nitrogens with two attached hydrogens (primary N) is 1. The Morgan fingerprint density at radius 3 is 2.73 bits per heavy atom. The molecule has 13 nitrogen and oxygen atoms in total. The normalized spacial score (nSPS) is 30.8. The van der Waals surface area contributed by atoms with Crippen LogP contribution >= 0.6 is 0 Å². The van der Waals surface area contributed by atoms with Gasteiger partial charge in [-0.05, 0) is 64.3 Å². The number of aromatic hydroxyl groups is 1. The maximum Gasteiger partial charge on any atom is 0.347 e. The van der Waals surface area contributed by atoms with Gasteiger partial charge in [0.2, 0.25) is 5.91 Å². The molecule has 3 unspecified atom stereocenters. The Morgan fingerprint density at radius 2 is 2.00 bits per heavy atom. The van der Waals surface area contributed by atoms with Crippen LogP contribution in [0.2, 0.25) is 0 Å². The number of nitrogens with one attached hydrogen (secondary N) is 1. The van der Waals surface area contributed by atoms with Crippen LogP contribution in [0.1, 0.15) is 56.6 Å². The number of hydrogen-bond donors (Lipinski definition) is 5. The third-order valence-corrected chi connectivity index (χ3v) is 9.23. The van der Waals surface area contributed by atoms with Crippen LogP contribution in [0.5, 0.6) is 11.5 Å². The lowest BCUT2D eigenvalue weighted by atomic mass is 9.48. The maximum absolute atomic E-state index is 13.0. The van der Waals surface area contributed by atoms with Gasteiger partial charge >= 0.3 is 17.9 Å². The number of aliphatic hydroxyl groups is 1. The van der Waals surface area contributed by atoms with Crippen LogP contribution in [-0.2, 0) is 40.5 Å². The molecule has 1 saturated heterocycles. The van der Waals surface area contributed by atoms with Crippen LogP contribution in [0.4, 0.5) is 0 Å². The second-order valence-electron chi connectivity index (χ2n) is 11.6. The highest BCUT2D eigenvalue weighted by molar-refractivity contribution is 5.81. The van der Waals surface area contributed by atoms with Crippen molar-refractivity contribution in [3.8, 4) is 11.5 Å². The number of phenols is 1. The SMILES string of the molecule is CC(OC(=O)CCNC(=O)CCC(N)C(=O)O)C(=O)OC1CC[C@@]2(O)[C@H]3Cc4ccc(O)c5c4[C@@]2(CCN3C)[C@H]1O5. The number of esters is 2. The first-order chi connectivity index (χ1) is 19.4. The molecule has 1 aromatic carbocycles. The zero-order chi connectivity index (χ0) is 29.7. The molecule has 5 rings (SSSR count). The lowest BCUT2D eigenvalue weighted by molar-refractivity contribution is -0.216. The Kier molecular flexibility index (Phi) is 7.64. The van der Waals surface area contributed by atoms with E-state index in [1.807, 2.05) is 13.1 Å². The van der Waals surface area contributed by atoms with Gasteiger partial charge in [0.05, 0.1) is 17.4 Å². The number of carboxylic acids is 1. The largest absolute Gasteiger partial charge is 0.504 e. The standard InChI is InChI=1S/C28H37N3O10/c1-14(39-21(34)8-11-30-20(33)6-4-16(29)25(35)36)26(37)40-18-7-9-28(38)19-13-15-3-5-17(32)23-22(15)27(28,24(18)41-23)10-12-31(19)2/h3,5,14,16,18-19,24,32,38H,4,6-13,29H2,1-2H3,(H,30,33)(H,35,36)/t14?,16?,18?,19-,24+,27+,28-/m1/s1. The van der Waals surface area contributed by atoms with Gasteiger partial charge in [0.15, 0.2) is 17.6 Å². The molecule has 2 aliphatic heterocycles. The molecule has 6 N–H and O–H groups in total. The fourth-order valence-corrected chi connectivity index (χ4v) is 7.18. The second kappa shape index (κ2) is 10.8. The molecular weight excluding hydrogens is 538 g/mol. The van der Waals surface area contributed by atoms with Crippen LogP contribution in [0, 0.1) is 0 Å². The molecule has 13 heteroatoms. The maximum atomic E-state index is 13.0. The van der Waals surface area contributed by atoms with Crippen LogP contribution in [-0.4, -0.2) is 100 Å². The van der Waals surface area contributed by atoms with Crippen molar-refractivity contribution in [2.45, 2.75) is 93.3 Å². The number of carbonyl (C=O) groups is 4. The lowest BCUT2D eigenvalue weighted by Gasteiger charge is -2.63. The predicted octanol–water partition coefficient (Wildman–Crippen LogP) is -0.282. The molecule has 0 aromatic heterocycles. The summed E-state index contributed by atoms with van der Waals surface area (Å²) in [7, 11) is 2.00. The zero-order valence-electron chi connectivity index (χ0n) is 23.1. The Bertz CT molecular complexity index is 1260. The average molecular weight is 576 g/mol. The molecule has 1 saturated carbocycles. The zero-order valence-corrected chi connectivity index (χ0v) is 23.1. The van der Waals surface area contributed by atoms with Gasteiger partial charge in [-0.1, -0.05) is 6.07 Å². The minimum Gasteiger partial charge on any atom is -0.504 e.